The average Bonchev–Trinajstić information content (AvgIpc) is 2.88. The lowest BCUT2D eigenvalue weighted by molar-refractivity contribution is 0.0582. The number of hydrogen-bond donors (Lipinski definition) is 2. The van der Waals surface area contributed by atoms with Crippen LogP contribution in [0.2, 0.25) is 0 Å². The summed E-state index contributed by atoms with van der Waals surface area (Å²) in [7, 11) is 1.20. The third-order valence-corrected chi connectivity index (χ3v) is 3.25. The molecule has 0 fully saturated rings. The molecule has 2 heterocycles. The van der Waals surface area contributed by atoms with E-state index in [0.717, 1.165) is 0 Å². The molecule has 2 aromatic heterocycles. The molecule has 3 N–H and O–H groups in total. The van der Waals surface area contributed by atoms with Crippen molar-refractivity contribution < 1.29 is 13.9 Å². The number of methoxy groups -OCH3 is 1. The lowest BCUT2D eigenvalue weighted by Gasteiger charge is -2.07. The smallest absolute Gasteiger partial charge is 0.374 e. The van der Waals surface area contributed by atoms with E-state index in [1.807, 2.05) is 0 Å². The first-order chi connectivity index (χ1) is 11.0. The van der Waals surface area contributed by atoms with Crippen LogP contribution in [0.1, 0.15) is 16.2 Å². The number of nitrogens with one attached hydrogen (secondary N) is 1. The molecule has 1 aromatic carbocycles. The van der Waals surface area contributed by atoms with Crippen LogP contribution in [0.4, 0.5) is 10.3 Å². The van der Waals surface area contributed by atoms with E-state index in [-0.39, 0.29) is 35.3 Å². The molecule has 0 aliphatic rings. The third-order valence-electron chi connectivity index (χ3n) is 3.25. The number of nitrogens with zero attached hydrogens (tertiary/aromatic N) is 3. The Morgan fingerprint density at radius 2 is 2.04 bits per heavy atom. The second-order valence-electron chi connectivity index (χ2n) is 4.76. The van der Waals surface area contributed by atoms with Gasteiger partial charge in [0.1, 0.15) is 5.82 Å². The fourth-order valence-electron chi connectivity index (χ4n) is 2.20. The molecule has 0 aliphatic carbocycles. The van der Waals surface area contributed by atoms with Gasteiger partial charge in [-0.05, 0) is 17.7 Å². The van der Waals surface area contributed by atoms with Crippen LogP contribution in [0.15, 0.2) is 29.1 Å². The first-order valence-electron chi connectivity index (χ1n) is 6.58. The summed E-state index contributed by atoms with van der Waals surface area (Å²) in [6.45, 7) is 0.150. The Morgan fingerprint density at radius 3 is 2.70 bits per heavy atom. The Morgan fingerprint density at radius 1 is 1.35 bits per heavy atom. The van der Waals surface area contributed by atoms with Crippen molar-refractivity contribution in [3.05, 3.63) is 51.8 Å². The number of benzene rings is 1. The van der Waals surface area contributed by atoms with Crippen LogP contribution in [0.3, 0.4) is 0 Å². The maximum Gasteiger partial charge on any atom is 0.374 e. The van der Waals surface area contributed by atoms with E-state index in [1.54, 1.807) is 12.1 Å². The van der Waals surface area contributed by atoms with Gasteiger partial charge in [-0.15, -0.1) is 0 Å². The van der Waals surface area contributed by atoms with Gasteiger partial charge in [0.25, 0.3) is 5.56 Å². The van der Waals surface area contributed by atoms with E-state index in [0.29, 0.717) is 5.56 Å². The minimum Gasteiger partial charge on any atom is -0.463 e. The topological polar surface area (TPSA) is 116 Å². The number of rotatable bonds is 3. The fourth-order valence-corrected chi connectivity index (χ4v) is 2.20. The molecule has 0 atom stereocenters. The molecule has 0 aliphatic heterocycles. The van der Waals surface area contributed by atoms with Gasteiger partial charge in [0, 0.05) is 0 Å². The Kier molecular flexibility index (Phi) is 3.53. The first-order valence-corrected chi connectivity index (χ1v) is 6.58. The predicted octanol–water partition coefficient (Wildman–Crippen LogP) is 0.676. The second-order valence-corrected chi connectivity index (χ2v) is 4.76. The van der Waals surface area contributed by atoms with Gasteiger partial charge in [0.15, 0.2) is 11.2 Å². The average molecular weight is 317 g/mol. The van der Waals surface area contributed by atoms with Gasteiger partial charge in [-0.2, -0.15) is 4.98 Å². The summed E-state index contributed by atoms with van der Waals surface area (Å²) >= 11 is 0. The number of nitrogen functional groups attached to an aromatic ring is 1. The first kappa shape index (κ1) is 14.7. The molecule has 118 valence electrons. The number of carbonyl (C=O) groups is 1. The van der Waals surface area contributed by atoms with Gasteiger partial charge in [0.2, 0.25) is 11.8 Å². The fraction of sp³-hybridized carbons (Fsp3) is 0.143. The summed E-state index contributed by atoms with van der Waals surface area (Å²) in [5.74, 6) is -1.28. The molecule has 0 bridgehead atoms. The Bertz CT molecular complexity index is 945. The molecule has 0 spiro atoms. The van der Waals surface area contributed by atoms with Gasteiger partial charge >= 0.3 is 5.97 Å². The van der Waals surface area contributed by atoms with Gasteiger partial charge in [-0.25, -0.2) is 14.2 Å². The Labute approximate surface area is 128 Å². The van der Waals surface area contributed by atoms with Crippen molar-refractivity contribution in [1.29, 1.82) is 0 Å². The summed E-state index contributed by atoms with van der Waals surface area (Å²) < 4.78 is 19.1. The SMILES string of the molecule is COC(=O)c1nc2c(=O)[nH]c(N)nc2n1Cc1ccc(F)cc1. The highest BCUT2D eigenvalue weighted by Gasteiger charge is 2.21. The van der Waals surface area contributed by atoms with Gasteiger partial charge < -0.3 is 10.5 Å². The molecule has 23 heavy (non-hydrogen) atoms. The van der Waals surface area contributed by atoms with E-state index in [4.69, 9.17) is 5.73 Å². The molecule has 0 unspecified atom stereocenters. The highest BCUT2D eigenvalue weighted by molar-refractivity contribution is 5.90. The van der Waals surface area contributed by atoms with Crippen molar-refractivity contribution in [2.24, 2.45) is 0 Å². The van der Waals surface area contributed by atoms with E-state index >= 15 is 0 Å². The monoisotopic (exact) mass is 317 g/mol. The van der Waals surface area contributed by atoms with Crippen LogP contribution in [-0.2, 0) is 11.3 Å². The van der Waals surface area contributed by atoms with E-state index in [2.05, 4.69) is 19.7 Å². The number of imidazole rings is 1. The van der Waals surface area contributed by atoms with Crippen LogP contribution in [0.5, 0.6) is 0 Å². The lowest BCUT2D eigenvalue weighted by atomic mass is 10.2. The summed E-state index contributed by atoms with van der Waals surface area (Å²) in [4.78, 5) is 34.2. The normalized spacial score (nSPS) is 10.9. The predicted molar refractivity (Wildman–Crippen MR) is 79.4 cm³/mol. The number of aromatic amines is 1. The number of esters is 1. The zero-order valence-electron chi connectivity index (χ0n) is 12.0. The molecular weight excluding hydrogens is 305 g/mol. The zero-order valence-corrected chi connectivity index (χ0v) is 12.0. The van der Waals surface area contributed by atoms with E-state index < -0.39 is 11.5 Å². The van der Waals surface area contributed by atoms with Crippen LogP contribution in [-0.4, -0.2) is 32.6 Å². The molecular formula is C14H12FN5O3. The van der Waals surface area contributed by atoms with Crippen molar-refractivity contribution in [2.75, 3.05) is 12.8 Å². The number of nitrogens with two attached hydrogens (primary N) is 1. The molecule has 8 nitrogen and oxygen atoms in total. The van der Waals surface area contributed by atoms with Gasteiger partial charge in [-0.1, -0.05) is 12.1 Å². The zero-order chi connectivity index (χ0) is 16.6. The quantitative estimate of drug-likeness (QED) is 0.686. The van der Waals surface area contributed by atoms with Gasteiger partial charge in [-0.3, -0.25) is 14.3 Å². The lowest BCUT2D eigenvalue weighted by Crippen LogP contribution is -2.14. The van der Waals surface area contributed by atoms with Crippen molar-refractivity contribution in [3.63, 3.8) is 0 Å². The van der Waals surface area contributed by atoms with Crippen LogP contribution in [0, 0.1) is 5.82 Å². The standard InChI is InChI=1S/C14H12FN5O3/c1-23-13(22)11-17-9-10(18-14(16)19-12(9)21)20(11)6-7-2-4-8(15)5-3-7/h2-5H,6H2,1H3,(H3,16,18,19,21). The van der Waals surface area contributed by atoms with Crippen LogP contribution in [0.25, 0.3) is 11.2 Å². The maximum absolute atomic E-state index is 13.0. The summed E-state index contributed by atoms with van der Waals surface area (Å²) in [5, 5.41) is 0. The third kappa shape index (κ3) is 2.63. The summed E-state index contributed by atoms with van der Waals surface area (Å²) in [6, 6.07) is 5.69. The summed E-state index contributed by atoms with van der Waals surface area (Å²) in [5.41, 5.74) is 5.81. The Balaban J connectivity index is 2.21. The number of carbonyl (C=O) groups excluding carboxylic acids is 1. The van der Waals surface area contributed by atoms with Crippen LogP contribution >= 0.6 is 0 Å². The second kappa shape index (κ2) is 5.52. The van der Waals surface area contributed by atoms with Crippen molar-refractivity contribution in [3.8, 4) is 0 Å². The number of aromatic nitrogens is 4. The molecule has 0 saturated carbocycles. The number of halogens is 1. The Hall–Kier alpha value is -3.23. The molecule has 9 heteroatoms. The van der Waals surface area contributed by atoms with Crippen LogP contribution < -0.4 is 11.3 Å². The number of hydrogen-bond acceptors (Lipinski definition) is 6. The minimum absolute atomic E-state index is 0.0262. The number of anilines is 1. The highest BCUT2D eigenvalue weighted by Crippen LogP contribution is 2.15. The molecule has 0 saturated heterocycles. The molecule has 3 aromatic rings. The largest absolute Gasteiger partial charge is 0.463 e. The molecule has 0 radical (unpaired) electrons. The van der Waals surface area contributed by atoms with E-state index in [1.165, 1.54) is 23.8 Å². The van der Waals surface area contributed by atoms with Gasteiger partial charge in [0.05, 0.1) is 13.7 Å². The van der Waals surface area contributed by atoms with Crippen molar-refractivity contribution in [2.45, 2.75) is 6.54 Å². The molecule has 3 rings (SSSR count). The van der Waals surface area contributed by atoms with E-state index in [9.17, 15) is 14.0 Å². The van der Waals surface area contributed by atoms with Crippen molar-refractivity contribution in [1.82, 2.24) is 19.5 Å². The number of ether oxygens (including phenoxy) is 1. The molecule has 0 amide bonds. The number of H-pyrrole nitrogens is 1. The highest BCUT2D eigenvalue weighted by atomic mass is 19.1. The number of fused-ring (bicyclic) bond motifs is 1. The maximum atomic E-state index is 13.0. The minimum atomic E-state index is -0.719. The van der Waals surface area contributed by atoms with Crippen molar-refractivity contribution >= 4 is 23.1 Å². The summed E-state index contributed by atoms with van der Waals surface area (Å²) in [6.07, 6.45) is 0.